The number of aromatic nitrogens is 2. The predicted octanol–water partition coefficient (Wildman–Crippen LogP) is 2.81. The molecule has 1 aromatic rings. The van der Waals surface area contributed by atoms with Crippen LogP contribution in [0.15, 0.2) is 17.3 Å². The second-order valence-electron chi connectivity index (χ2n) is 4.42. The third kappa shape index (κ3) is 1.74. The standard InChI is InChI=1S/C12H17N3/c1-8(2)10-5-9(3)6-13-12-11(10)7-14-15(12)4/h5-9H,1-4H3. The van der Waals surface area contributed by atoms with Crippen LogP contribution in [0.25, 0.3) is 5.57 Å². The molecule has 0 saturated carbocycles. The summed E-state index contributed by atoms with van der Waals surface area (Å²) in [5, 5.41) is 4.26. The van der Waals surface area contributed by atoms with Crippen LogP contribution in [0.2, 0.25) is 0 Å². The lowest BCUT2D eigenvalue weighted by atomic mass is 9.94. The molecule has 0 aromatic carbocycles. The van der Waals surface area contributed by atoms with E-state index in [4.69, 9.17) is 0 Å². The Kier molecular flexibility index (Phi) is 2.47. The summed E-state index contributed by atoms with van der Waals surface area (Å²) in [4.78, 5) is 4.48. The van der Waals surface area contributed by atoms with Crippen LogP contribution in [0, 0.1) is 11.8 Å². The molecule has 1 unspecified atom stereocenters. The van der Waals surface area contributed by atoms with Crippen LogP contribution in [0.3, 0.4) is 0 Å². The third-order valence-corrected chi connectivity index (χ3v) is 2.71. The van der Waals surface area contributed by atoms with Gasteiger partial charge in [0.15, 0.2) is 5.82 Å². The molecule has 3 heteroatoms. The molecule has 0 bridgehead atoms. The van der Waals surface area contributed by atoms with E-state index >= 15 is 0 Å². The van der Waals surface area contributed by atoms with Crippen LogP contribution >= 0.6 is 0 Å². The molecular formula is C12H17N3. The molecule has 3 nitrogen and oxygen atoms in total. The van der Waals surface area contributed by atoms with Gasteiger partial charge in [-0.25, -0.2) is 4.99 Å². The maximum Gasteiger partial charge on any atom is 0.157 e. The highest BCUT2D eigenvalue weighted by Crippen LogP contribution is 2.33. The zero-order valence-corrected chi connectivity index (χ0v) is 9.73. The summed E-state index contributed by atoms with van der Waals surface area (Å²) in [5.74, 6) is 1.88. The van der Waals surface area contributed by atoms with Gasteiger partial charge in [-0.1, -0.05) is 26.8 Å². The van der Waals surface area contributed by atoms with Gasteiger partial charge in [-0.05, 0) is 11.5 Å². The molecule has 1 aromatic heterocycles. The fourth-order valence-corrected chi connectivity index (χ4v) is 1.90. The summed E-state index contributed by atoms with van der Waals surface area (Å²) in [6.07, 6.45) is 6.17. The van der Waals surface area contributed by atoms with E-state index in [2.05, 4.69) is 36.9 Å². The molecule has 1 atom stereocenters. The monoisotopic (exact) mass is 203 g/mol. The first-order valence-corrected chi connectivity index (χ1v) is 5.38. The van der Waals surface area contributed by atoms with Crippen molar-refractivity contribution < 1.29 is 0 Å². The molecule has 0 fully saturated rings. The molecule has 0 spiro atoms. The largest absolute Gasteiger partial charge is 0.250 e. The summed E-state index contributed by atoms with van der Waals surface area (Å²) in [6.45, 7) is 6.58. The highest BCUT2D eigenvalue weighted by atomic mass is 15.3. The van der Waals surface area contributed by atoms with Gasteiger partial charge in [0, 0.05) is 24.7 Å². The summed E-state index contributed by atoms with van der Waals surface area (Å²) in [6, 6.07) is 0. The molecule has 1 aliphatic rings. The molecule has 0 saturated heterocycles. The second-order valence-corrected chi connectivity index (χ2v) is 4.42. The number of rotatable bonds is 1. The van der Waals surface area contributed by atoms with Crippen LogP contribution in [0.5, 0.6) is 0 Å². The molecule has 0 radical (unpaired) electrons. The maximum atomic E-state index is 4.48. The lowest BCUT2D eigenvalue weighted by molar-refractivity contribution is 0.770. The SMILES string of the molecule is CC1C=Nc2c(cnn2C)C(C(C)C)=C1. The first-order valence-electron chi connectivity index (χ1n) is 5.38. The topological polar surface area (TPSA) is 30.2 Å². The van der Waals surface area contributed by atoms with Crippen molar-refractivity contribution in [3.05, 3.63) is 17.8 Å². The Morgan fingerprint density at radius 1 is 1.40 bits per heavy atom. The van der Waals surface area contributed by atoms with Gasteiger partial charge >= 0.3 is 0 Å². The zero-order valence-electron chi connectivity index (χ0n) is 9.73. The Bertz CT molecular complexity index is 424. The van der Waals surface area contributed by atoms with Crippen molar-refractivity contribution in [3.8, 4) is 0 Å². The number of fused-ring (bicyclic) bond motifs is 1. The van der Waals surface area contributed by atoms with Gasteiger partial charge in [0.2, 0.25) is 0 Å². The van der Waals surface area contributed by atoms with E-state index in [-0.39, 0.29) is 0 Å². The third-order valence-electron chi connectivity index (χ3n) is 2.71. The van der Waals surface area contributed by atoms with E-state index in [0.717, 1.165) is 5.82 Å². The quantitative estimate of drug-likeness (QED) is 0.690. The first-order chi connectivity index (χ1) is 7.09. The van der Waals surface area contributed by atoms with Gasteiger partial charge in [0.25, 0.3) is 0 Å². The van der Waals surface area contributed by atoms with Crippen LogP contribution in [0.4, 0.5) is 5.82 Å². The number of aryl methyl sites for hydroxylation is 1. The molecule has 1 aliphatic heterocycles. The normalized spacial score (nSPS) is 20.1. The fourth-order valence-electron chi connectivity index (χ4n) is 1.90. The number of hydrogen-bond donors (Lipinski definition) is 0. The van der Waals surface area contributed by atoms with Gasteiger partial charge < -0.3 is 0 Å². The first kappa shape index (κ1) is 10.1. The Morgan fingerprint density at radius 2 is 2.13 bits per heavy atom. The number of aliphatic imine (C=N–C) groups is 1. The maximum absolute atomic E-state index is 4.48. The van der Waals surface area contributed by atoms with Crippen LogP contribution in [-0.2, 0) is 7.05 Å². The highest BCUT2D eigenvalue weighted by molar-refractivity contribution is 5.82. The molecule has 0 amide bonds. The van der Waals surface area contributed by atoms with Gasteiger partial charge in [-0.15, -0.1) is 0 Å². The molecule has 15 heavy (non-hydrogen) atoms. The summed E-state index contributed by atoms with van der Waals surface area (Å²) in [7, 11) is 1.93. The van der Waals surface area contributed by atoms with Crippen molar-refractivity contribution in [1.29, 1.82) is 0 Å². The van der Waals surface area contributed by atoms with Crippen molar-refractivity contribution >= 4 is 17.6 Å². The highest BCUT2D eigenvalue weighted by Gasteiger charge is 2.17. The minimum atomic E-state index is 0.398. The number of allylic oxidation sites excluding steroid dienone is 2. The fraction of sp³-hybridized carbons (Fsp3) is 0.500. The molecule has 0 N–H and O–H groups in total. The minimum Gasteiger partial charge on any atom is -0.250 e. The lowest BCUT2D eigenvalue weighted by Gasteiger charge is -2.10. The smallest absolute Gasteiger partial charge is 0.157 e. The summed E-state index contributed by atoms with van der Waals surface area (Å²) < 4.78 is 1.83. The van der Waals surface area contributed by atoms with E-state index in [0.29, 0.717) is 11.8 Å². The zero-order chi connectivity index (χ0) is 11.0. The average molecular weight is 203 g/mol. The predicted molar refractivity (Wildman–Crippen MR) is 63.3 cm³/mol. The Morgan fingerprint density at radius 3 is 2.80 bits per heavy atom. The van der Waals surface area contributed by atoms with Crippen molar-refractivity contribution in [1.82, 2.24) is 9.78 Å². The Labute approximate surface area is 90.5 Å². The van der Waals surface area contributed by atoms with Crippen molar-refractivity contribution in [2.45, 2.75) is 20.8 Å². The van der Waals surface area contributed by atoms with Crippen LogP contribution in [-0.4, -0.2) is 16.0 Å². The van der Waals surface area contributed by atoms with E-state index in [9.17, 15) is 0 Å². The van der Waals surface area contributed by atoms with Gasteiger partial charge in [-0.2, -0.15) is 5.10 Å². The van der Waals surface area contributed by atoms with Crippen LogP contribution < -0.4 is 0 Å². The molecular weight excluding hydrogens is 186 g/mol. The van der Waals surface area contributed by atoms with Crippen LogP contribution in [0.1, 0.15) is 26.3 Å². The number of nitrogens with zero attached hydrogens (tertiary/aromatic N) is 3. The molecule has 2 rings (SSSR count). The lowest BCUT2D eigenvalue weighted by Crippen LogP contribution is -1.96. The van der Waals surface area contributed by atoms with E-state index in [1.54, 1.807) is 0 Å². The van der Waals surface area contributed by atoms with E-state index in [1.165, 1.54) is 11.1 Å². The van der Waals surface area contributed by atoms with Gasteiger partial charge in [0.05, 0.1) is 6.20 Å². The van der Waals surface area contributed by atoms with Gasteiger partial charge in [0.1, 0.15) is 0 Å². The van der Waals surface area contributed by atoms with E-state index in [1.807, 2.05) is 24.1 Å². The van der Waals surface area contributed by atoms with Crippen molar-refractivity contribution in [2.75, 3.05) is 0 Å². The van der Waals surface area contributed by atoms with Crippen molar-refractivity contribution in [3.63, 3.8) is 0 Å². The van der Waals surface area contributed by atoms with Crippen molar-refractivity contribution in [2.24, 2.45) is 23.9 Å². The Balaban J connectivity index is 2.58. The average Bonchev–Trinajstić information content (AvgIpc) is 2.42. The van der Waals surface area contributed by atoms with Gasteiger partial charge in [-0.3, -0.25) is 4.68 Å². The molecule has 0 aliphatic carbocycles. The second kappa shape index (κ2) is 3.65. The minimum absolute atomic E-state index is 0.398. The summed E-state index contributed by atoms with van der Waals surface area (Å²) >= 11 is 0. The molecule has 80 valence electrons. The molecule has 2 heterocycles. The van der Waals surface area contributed by atoms with E-state index < -0.39 is 0 Å². The Hall–Kier alpha value is -1.38. The summed E-state index contributed by atoms with van der Waals surface area (Å²) in [5.41, 5.74) is 2.52. The number of hydrogen-bond acceptors (Lipinski definition) is 2.